The van der Waals surface area contributed by atoms with Crippen molar-refractivity contribution in [3.05, 3.63) is 11.9 Å². The van der Waals surface area contributed by atoms with Crippen molar-refractivity contribution >= 4 is 0 Å². The van der Waals surface area contributed by atoms with Gasteiger partial charge in [-0.15, -0.1) is 0 Å². The molecular formula is C15H29N3O2. The van der Waals surface area contributed by atoms with Gasteiger partial charge in [0.15, 0.2) is 5.75 Å². The van der Waals surface area contributed by atoms with E-state index in [1.54, 1.807) is 13.3 Å². The van der Waals surface area contributed by atoms with Crippen molar-refractivity contribution < 1.29 is 9.47 Å². The first-order valence-electron chi connectivity index (χ1n) is 7.48. The molecule has 20 heavy (non-hydrogen) atoms. The Morgan fingerprint density at radius 2 is 2.05 bits per heavy atom. The van der Waals surface area contributed by atoms with Crippen LogP contribution >= 0.6 is 0 Å². The zero-order valence-electron chi connectivity index (χ0n) is 13.7. The van der Waals surface area contributed by atoms with Gasteiger partial charge in [-0.05, 0) is 33.7 Å². The Bertz CT molecular complexity index is 402. The van der Waals surface area contributed by atoms with Crippen LogP contribution in [-0.4, -0.2) is 35.6 Å². The highest BCUT2D eigenvalue weighted by Crippen LogP contribution is 2.34. The van der Waals surface area contributed by atoms with Crippen LogP contribution in [0.25, 0.3) is 0 Å². The Morgan fingerprint density at radius 1 is 1.35 bits per heavy atom. The highest BCUT2D eigenvalue weighted by atomic mass is 16.5. The van der Waals surface area contributed by atoms with E-state index in [0.717, 1.165) is 31.0 Å². The van der Waals surface area contributed by atoms with Crippen LogP contribution < -0.4 is 10.1 Å². The van der Waals surface area contributed by atoms with Crippen molar-refractivity contribution in [1.82, 2.24) is 15.1 Å². The lowest BCUT2D eigenvalue weighted by Gasteiger charge is -2.35. The Hall–Kier alpha value is -1.07. The number of methoxy groups -OCH3 is 1. The molecule has 0 spiro atoms. The normalized spacial score (nSPS) is 13.5. The van der Waals surface area contributed by atoms with Gasteiger partial charge in [0.1, 0.15) is 5.69 Å². The van der Waals surface area contributed by atoms with Gasteiger partial charge in [0.2, 0.25) is 0 Å². The molecule has 5 heteroatoms. The average molecular weight is 283 g/mol. The highest BCUT2D eigenvalue weighted by Gasteiger charge is 2.35. The summed E-state index contributed by atoms with van der Waals surface area (Å²) >= 11 is 0. The van der Waals surface area contributed by atoms with E-state index in [0.29, 0.717) is 6.61 Å². The molecule has 116 valence electrons. The summed E-state index contributed by atoms with van der Waals surface area (Å²) < 4.78 is 13.5. The van der Waals surface area contributed by atoms with Crippen molar-refractivity contribution in [3.8, 4) is 5.75 Å². The maximum atomic E-state index is 5.94. The molecule has 0 aliphatic heterocycles. The second kappa shape index (κ2) is 7.64. The van der Waals surface area contributed by atoms with Gasteiger partial charge in [-0.2, -0.15) is 5.10 Å². The molecule has 0 saturated carbocycles. The molecule has 0 saturated heterocycles. The predicted molar refractivity (Wildman–Crippen MR) is 81.2 cm³/mol. The van der Waals surface area contributed by atoms with Gasteiger partial charge in [-0.25, -0.2) is 0 Å². The Labute approximate surface area is 122 Å². The van der Waals surface area contributed by atoms with Gasteiger partial charge in [-0.3, -0.25) is 4.68 Å². The Balaban J connectivity index is 3.22. The van der Waals surface area contributed by atoms with Crippen molar-refractivity contribution in [2.45, 2.75) is 59.2 Å². The summed E-state index contributed by atoms with van der Waals surface area (Å²) in [4.78, 5) is 0. The molecule has 0 radical (unpaired) electrons. The molecule has 0 aromatic carbocycles. The van der Waals surface area contributed by atoms with E-state index in [2.05, 4.69) is 38.1 Å². The van der Waals surface area contributed by atoms with E-state index in [-0.39, 0.29) is 11.6 Å². The molecule has 0 amide bonds. The quantitative estimate of drug-likeness (QED) is 0.757. The number of nitrogens with one attached hydrogen (secondary N) is 1. The molecular weight excluding hydrogens is 254 g/mol. The lowest BCUT2D eigenvalue weighted by molar-refractivity contribution is -0.0413. The fourth-order valence-electron chi connectivity index (χ4n) is 2.55. The van der Waals surface area contributed by atoms with E-state index in [9.17, 15) is 0 Å². The number of aryl methyl sites for hydroxylation is 1. The summed E-state index contributed by atoms with van der Waals surface area (Å²) in [6, 6.07) is 0.0384. The van der Waals surface area contributed by atoms with Gasteiger partial charge < -0.3 is 14.8 Å². The molecule has 0 bridgehead atoms. The van der Waals surface area contributed by atoms with Crippen molar-refractivity contribution in [1.29, 1.82) is 0 Å². The van der Waals surface area contributed by atoms with Crippen LogP contribution in [0.1, 0.15) is 52.8 Å². The lowest BCUT2D eigenvalue weighted by Crippen LogP contribution is -2.43. The predicted octanol–water partition coefficient (Wildman–Crippen LogP) is 2.77. The van der Waals surface area contributed by atoms with Gasteiger partial charge in [0.05, 0.1) is 24.9 Å². The molecule has 0 aliphatic carbocycles. The summed E-state index contributed by atoms with van der Waals surface area (Å²) in [5.74, 6) is 0.817. The number of nitrogens with zero attached hydrogens (tertiary/aromatic N) is 2. The Morgan fingerprint density at radius 3 is 2.55 bits per heavy atom. The van der Waals surface area contributed by atoms with Crippen molar-refractivity contribution in [3.63, 3.8) is 0 Å². The summed E-state index contributed by atoms with van der Waals surface area (Å²) in [7, 11) is 1.69. The van der Waals surface area contributed by atoms with Crippen LogP contribution in [0.2, 0.25) is 0 Å². The van der Waals surface area contributed by atoms with E-state index < -0.39 is 0 Å². The highest BCUT2D eigenvalue weighted by molar-refractivity contribution is 5.30. The first kappa shape index (κ1) is 17.0. The van der Waals surface area contributed by atoms with Crippen LogP contribution in [0.15, 0.2) is 6.20 Å². The van der Waals surface area contributed by atoms with Gasteiger partial charge >= 0.3 is 0 Å². The van der Waals surface area contributed by atoms with Crippen molar-refractivity contribution in [2.75, 3.05) is 20.3 Å². The van der Waals surface area contributed by atoms with Gasteiger partial charge in [-0.1, -0.05) is 13.8 Å². The minimum absolute atomic E-state index is 0.0384. The molecule has 1 aromatic heterocycles. The topological polar surface area (TPSA) is 48.3 Å². The summed E-state index contributed by atoms with van der Waals surface area (Å²) in [5, 5.41) is 7.97. The first-order chi connectivity index (χ1) is 9.51. The number of aromatic nitrogens is 2. The number of rotatable bonds is 9. The van der Waals surface area contributed by atoms with E-state index >= 15 is 0 Å². The maximum Gasteiger partial charge on any atom is 0.161 e. The third-order valence-corrected chi connectivity index (χ3v) is 3.39. The molecule has 1 unspecified atom stereocenters. The zero-order valence-corrected chi connectivity index (χ0v) is 13.7. The maximum absolute atomic E-state index is 5.94. The molecule has 1 atom stereocenters. The number of hydrogen-bond acceptors (Lipinski definition) is 4. The molecule has 1 rings (SSSR count). The van der Waals surface area contributed by atoms with Crippen LogP contribution in [0.4, 0.5) is 0 Å². The fraction of sp³-hybridized carbons (Fsp3) is 0.800. The smallest absolute Gasteiger partial charge is 0.161 e. The third-order valence-electron chi connectivity index (χ3n) is 3.39. The van der Waals surface area contributed by atoms with E-state index in [1.807, 2.05) is 11.6 Å². The summed E-state index contributed by atoms with van der Waals surface area (Å²) in [6.07, 6.45) is 2.82. The Kier molecular flexibility index (Phi) is 6.49. The second-order valence-electron chi connectivity index (χ2n) is 5.35. The molecule has 1 heterocycles. The first-order valence-corrected chi connectivity index (χ1v) is 7.48. The van der Waals surface area contributed by atoms with Crippen LogP contribution in [0.3, 0.4) is 0 Å². The average Bonchev–Trinajstić information content (AvgIpc) is 2.78. The minimum Gasteiger partial charge on any atom is -0.493 e. The lowest BCUT2D eigenvalue weighted by atomic mass is 9.94. The number of hydrogen-bond donors (Lipinski definition) is 1. The van der Waals surface area contributed by atoms with E-state index in [1.165, 1.54) is 0 Å². The van der Waals surface area contributed by atoms with Crippen LogP contribution in [-0.2, 0) is 11.3 Å². The molecule has 0 fully saturated rings. The number of ether oxygens (including phenoxy) is 2. The fourth-order valence-corrected chi connectivity index (χ4v) is 2.55. The van der Waals surface area contributed by atoms with Gasteiger partial charge in [0, 0.05) is 13.2 Å². The summed E-state index contributed by atoms with van der Waals surface area (Å²) in [5.41, 5.74) is 0.735. The van der Waals surface area contributed by atoms with Gasteiger partial charge in [0.25, 0.3) is 0 Å². The monoisotopic (exact) mass is 283 g/mol. The SMILES string of the molecule is CCCn1ncc(OC)c1C(NCC)C(C)(C)OCC. The third kappa shape index (κ3) is 3.73. The van der Waals surface area contributed by atoms with Crippen LogP contribution in [0.5, 0.6) is 5.75 Å². The zero-order chi connectivity index (χ0) is 15.2. The molecule has 1 aromatic rings. The summed E-state index contributed by atoms with van der Waals surface area (Å²) in [6.45, 7) is 12.9. The molecule has 1 N–H and O–H groups in total. The van der Waals surface area contributed by atoms with E-state index in [4.69, 9.17) is 9.47 Å². The number of likely N-dealkylation sites (N-methyl/N-ethyl adjacent to an activating group) is 1. The molecule has 0 aliphatic rings. The largest absolute Gasteiger partial charge is 0.493 e. The van der Waals surface area contributed by atoms with Crippen molar-refractivity contribution in [2.24, 2.45) is 0 Å². The van der Waals surface area contributed by atoms with Crippen LogP contribution in [0, 0.1) is 0 Å². The minimum atomic E-state index is -0.330. The standard InChI is InChI=1S/C15H29N3O2/c1-7-10-18-13(12(19-6)11-17-18)14(16-8-2)15(4,5)20-9-3/h11,14,16H,7-10H2,1-6H3. The second-order valence-corrected chi connectivity index (χ2v) is 5.35. The molecule has 5 nitrogen and oxygen atoms in total.